The first-order valence-corrected chi connectivity index (χ1v) is 16.3. The lowest BCUT2D eigenvalue weighted by atomic mass is 10.2. The quantitative estimate of drug-likeness (QED) is 0.116. The molecule has 0 aliphatic rings. The molecule has 0 aliphatic carbocycles. The normalized spacial score (nSPS) is 11.5. The monoisotopic (exact) mass is 654 g/mol. The standard InChI is InChI=1S/C30H31BrN4O4S2/c1-5-39-27-12-10-25(11-13-27)34(41(37,38)29-16-14-28(40-4)15-17-29)20-30(36)33-32-19-23-18-21(2)35(22(23)3)26-8-6-24(31)7-9-26/h6-19H,5,20H2,1-4H3,(H,33,36)/b32-19-. The predicted octanol–water partition coefficient (Wildman–Crippen LogP) is 6.32. The van der Waals surface area contributed by atoms with Crippen LogP contribution in [0.3, 0.4) is 0 Å². The molecule has 1 amide bonds. The number of carbonyl (C=O) groups excluding carboxylic acids is 1. The summed E-state index contributed by atoms with van der Waals surface area (Å²) in [5.74, 6) is 0.0221. The van der Waals surface area contributed by atoms with Gasteiger partial charge in [-0.25, -0.2) is 13.8 Å². The van der Waals surface area contributed by atoms with Gasteiger partial charge in [-0.2, -0.15) is 5.10 Å². The van der Waals surface area contributed by atoms with Crippen LogP contribution in [0.4, 0.5) is 5.69 Å². The lowest BCUT2D eigenvalue weighted by molar-refractivity contribution is -0.119. The SMILES string of the molecule is CCOc1ccc(N(CC(=O)N/N=C\c2cc(C)n(-c3ccc(Br)cc3)c2C)S(=O)(=O)c2ccc(SC)cc2)cc1. The topological polar surface area (TPSA) is 93.0 Å². The molecule has 1 N–H and O–H groups in total. The number of nitrogens with one attached hydrogen (secondary N) is 1. The lowest BCUT2D eigenvalue weighted by Gasteiger charge is -2.24. The van der Waals surface area contributed by atoms with Crippen LogP contribution >= 0.6 is 27.7 Å². The van der Waals surface area contributed by atoms with E-state index in [4.69, 9.17) is 4.74 Å². The number of halogens is 1. The van der Waals surface area contributed by atoms with E-state index in [9.17, 15) is 13.2 Å². The molecule has 3 aromatic carbocycles. The highest BCUT2D eigenvalue weighted by Crippen LogP contribution is 2.27. The van der Waals surface area contributed by atoms with E-state index in [-0.39, 0.29) is 4.90 Å². The fraction of sp³-hybridized carbons (Fsp3) is 0.200. The number of nitrogens with zero attached hydrogens (tertiary/aromatic N) is 3. The summed E-state index contributed by atoms with van der Waals surface area (Å²) in [6.07, 6.45) is 3.48. The average molecular weight is 656 g/mol. The minimum absolute atomic E-state index is 0.0841. The zero-order valence-electron chi connectivity index (χ0n) is 23.2. The van der Waals surface area contributed by atoms with Crippen molar-refractivity contribution >= 4 is 55.5 Å². The Morgan fingerprint density at radius 1 is 1.05 bits per heavy atom. The van der Waals surface area contributed by atoms with Gasteiger partial charge in [0.25, 0.3) is 15.9 Å². The van der Waals surface area contributed by atoms with Gasteiger partial charge < -0.3 is 9.30 Å². The molecule has 0 saturated heterocycles. The molecule has 4 rings (SSSR count). The molecular formula is C30H31BrN4O4S2. The second-order valence-corrected chi connectivity index (χ2v) is 12.7. The summed E-state index contributed by atoms with van der Waals surface area (Å²) in [6, 6.07) is 23.1. The minimum Gasteiger partial charge on any atom is -0.494 e. The van der Waals surface area contributed by atoms with Crippen LogP contribution in [-0.4, -0.2) is 44.5 Å². The van der Waals surface area contributed by atoms with E-state index >= 15 is 0 Å². The summed E-state index contributed by atoms with van der Waals surface area (Å²) in [5, 5.41) is 4.14. The maximum Gasteiger partial charge on any atom is 0.264 e. The molecular weight excluding hydrogens is 624 g/mol. The number of hydrazone groups is 1. The molecule has 0 aliphatic heterocycles. The predicted molar refractivity (Wildman–Crippen MR) is 169 cm³/mol. The van der Waals surface area contributed by atoms with E-state index < -0.39 is 22.5 Å². The van der Waals surface area contributed by atoms with Gasteiger partial charge in [0.05, 0.1) is 23.4 Å². The average Bonchev–Trinajstić information content (AvgIpc) is 3.25. The van der Waals surface area contributed by atoms with E-state index in [2.05, 4.69) is 31.0 Å². The maximum absolute atomic E-state index is 13.7. The number of aryl methyl sites for hydroxylation is 1. The zero-order valence-corrected chi connectivity index (χ0v) is 26.4. The molecule has 0 radical (unpaired) electrons. The van der Waals surface area contributed by atoms with Gasteiger partial charge in [0.15, 0.2) is 0 Å². The van der Waals surface area contributed by atoms with Gasteiger partial charge in [0, 0.05) is 32.0 Å². The summed E-state index contributed by atoms with van der Waals surface area (Å²) in [6.45, 7) is 5.86. The fourth-order valence-electron chi connectivity index (χ4n) is 4.31. The van der Waals surface area contributed by atoms with Crippen molar-refractivity contribution in [1.82, 2.24) is 9.99 Å². The highest BCUT2D eigenvalue weighted by atomic mass is 79.9. The van der Waals surface area contributed by atoms with Gasteiger partial charge in [-0.15, -0.1) is 11.8 Å². The number of aromatic nitrogens is 1. The van der Waals surface area contributed by atoms with E-state index in [0.29, 0.717) is 18.0 Å². The number of ether oxygens (including phenoxy) is 1. The van der Waals surface area contributed by atoms with Crippen molar-refractivity contribution in [2.45, 2.75) is 30.6 Å². The third kappa shape index (κ3) is 7.22. The molecule has 1 aromatic heterocycles. The van der Waals surface area contributed by atoms with Gasteiger partial charge in [0.2, 0.25) is 0 Å². The Kier molecular flexibility index (Phi) is 9.95. The Bertz CT molecular complexity index is 1630. The van der Waals surface area contributed by atoms with Crippen LogP contribution in [0.25, 0.3) is 5.69 Å². The Morgan fingerprint density at radius 2 is 1.71 bits per heavy atom. The van der Waals surface area contributed by atoms with Crippen LogP contribution in [0, 0.1) is 13.8 Å². The maximum atomic E-state index is 13.7. The first-order valence-electron chi connectivity index (χ1n) is 12.8. The highest BCUT2D eigenvalue weighted by molar-refractivity contribution is 9.10. The van der Waals surface area contributed by atoms with Gasteiger partial charge in [-0.05, 0) is 106 Å². The summed E-state index contributed by atoms with van der Waals surface area (Å²) >= 11 is 4.98. The van der Waals surface area contributed by atoms with Crippen molar-refractivity contribution in [3.8, 4) is 11.4 Å². The van der Waals surface area contributed by atoms with Gasteiger partial charge in [0.1, 0.15) is 12.3 Å². The molecule has 214 valence electrons. The number of hydrogen-bond acceptors (Lipinski definition) is 6. The number of amides is 1. The number of carbonyl (C=O) groups is 1. The van der Waals surface area contributed by atoms with Gasteiger partial charge >= 0.3 is 0 Å². The second kappa shape index (κ2) is 13.4. The molecule has 0 spiro atoms. The number of thioether (sulfide) groups is 1. The second-order valence-electron chi connectivity index (χ2n) is 9.05. The summed E-state index contributed by atoms with van der Waals surface area (Å²) < 4.78 is 37.0. The number of benzene rings is 3. The van der Waals surface area contributed by atoms with E-state index in [1.54, 1.807) is 54.7 Å². The Hall–Kier alpha value is -3.54. The first kappa shape index (κ1) is 30.4. The molecule has 4 aromatic rings. The van der Waals surface area contributed by atoms with Crippen LogP contribution in [0.15, 0.2) is 98.2 Å². The van der Waals surface area contributed by atoms with Crippen molar-refractivity contribution < 1.29 is 17.9 Å². The summed E-state index contributed by atoms with van der Waals surface area (Å²) in [4.78, 5) is 14.0. The van der Waals surface area contributed by atoms with Crippen molar-refractivity contribution in [3.05, 3.63) is 100 Å². The third-order valence-corrected chi connectivity index (χ3v) is 9.38. The molecule has 0 bridgehead atoms. The molecule has 0 unspecified atom stereocenters. The van der Waals surface area contributed by atoms with E-state index in [1.807, 2.05) is 57.4 Å². The molecule has 11 heteroatoms. The summed E-state index contributed by atoms with van der Waals surface area (Å²) in [7, 11) is -4.06. The van der Waals surface area contributed by atoms with Crippen molar-refractivity contribution in [2.75, 3.05) is 23.7 Å². The van der Waals surface area contributed by atoms with E-state index in [0.717, 1.165) is 36.3 Å². The summed E-state index contributed by atoms with van der Waals surface area (Å²) in [5.41, 5.74) is 6.62. The molecule has 0 saturated carbocycles. The molecule has 41 heavy (non-hydrogen) atoms. The Labute approximate surface area is 253 Å². The zero-order chi connectivity index (χ0) is 29.6. The van der Waals surface area contributed by atoms with Crippen molar-refractivity contribution in [2.24, 2.45) is 5.10 Å². The largest absolute Gasteiger partial charge is 0.494 e. The number of sulfonamides is 1. The molecule has 0 fully saturated rings. The van der Waals surface area contributed by atoms with E-state index in [1.165, 1.54) is 11.8 Å². The third-order valence-electron chi connectivity index (χ3n) is 6.32. The van der Waals surface area contributed by atoms with Crippen molar-refractivity contribution in [3.63, 3.8) is 0 Å². The van der Waals surface area contributed by atoms with Gasteiger partial charge in [-0.1, -0.05) is 15.9 Å². The van der Waals surface area contributed by atoms with Gasteiger partial charge in [-0.3, -0.25) is 9.10 Å². The Morgan fingerprint density at radius 3 is 2.32 bits per heavy atom. The highest BCUT2D eigenvalue weighted by Gasteiger charge is 2.27. The fourth-order valence-corrected chi connectivity index (χ4v) is 6.40. The number of anilines is 1. The minimum atomic E-state index is -4.06. The molecule has 8 nitrogen and oxygen atoms in total. The van der Waals surface area contributed by atoms with Crippen LogP contribution in [0.2, 0.25) is 0 Å². The van der Waals surface area contributed by atoms with Crippen LogP contribution < -0.4 is 14.5 Å². The number of hydrogen-bond donors (Lipinski definition) is 1. The van der Waals surface area contributed by atoms with Crippen LogP contribution in [-0.2, 0) is 14.8 Å². The van der Waals surface area contributed by atoms with Crippen molar-refractivity contribution in [1.29, 1.82) is 0 Å². The lowest BCUT2D eigenvalue weighted by Crippen LogP contribution is -2.39. The van der Waals surface area contributed by atoms with Crippen LogP contribution in [0.1, 0.15) is 23.9 Å². The smallest absolute Gasteiger partial charge is 0.264 e. The first-order chi connectivity index (χ1) is 19.6. The molecule has 1 heterocycles. The Balaban J connectivity index is 1.55. The molecule has 0 atom stereocenters. The van der Waals surface area contributed by atoms with Crippen LogP contribution in [0.5, 0.6) is 5.75 Å². The number of rotatable bonds is 11.